The Morgan fingerprint density at radius 3 is 2.29 bits per heavy atom. The minimum atomic E-state index is -3.52. The average Bonchev–Trinajstić information content (AvgIpc) is 3.20. The van der Waals surface area contributed by atoms with Crippen LogP contribution in [0.5, 0.6) is 0 Å². The van der Waals surface area contributed by atoms with E-state index in [0.29, 0.717) is 24.3 Å². The van der Waals surface area contributed by atoms with Crippen molar-refractivity contribution in [2.75, 3.05) is 18.4 Å². The summed E-state index contributed by atoms with van der Waals surface area (Å²) in [6, 6.07) is 15.6. The number of hydrogen-bond donors (Lipinski definition) is 1. The predicted molar refractivity (Wildman–Crippen MR) is 108 cm³/mol. The first-order valence-corrected chi connectivity index (χ1v) is 10.4. The molecule has 3 rings (SSSR count). The molecule has 0 aliphatic carbocycles. The molecule has 3 aromatic rings. The molecule has 0 unspecified atom stereocenters. The molecule has 0 bridgehead atoms. The van der Waals surface area contributed by atoms with E-state index in [4.69, 9.17) is 0 Å². The molecule has 8 heteroatoms. The zero-order valence-corrected chi connectivity index (χ0v) is 16.6. The number of benzene rings is 2. The number of para-hydroxylation sites is 1. The minimum Gasteiger partial charge on any atom is -0.322 e. The Morgan fingerprint density at radius 2 is 1.68 bits per heavy atom. The molecule has 0 saturated carbocycles. The Hall–Kier alpha value is -2.97. The van der Waals surface area contributed by atoms with E-state index in [0.717, 1.165) is 5.69 Å². The fraction of sp³-hybridized carbons (Fsp3) is 0.200. The highest BCUT2D eigenvalue weighted by molar-refractivity contribution is 7.89. The molecule has 0 atom stereocenters. The summed E-state index contributed by atoms with van der Waals surface area (Å²) >= 11 is 0. The van der Waals surface area contributed by atoms with Crippen LogP contribution in [0.2, 0.25) is 0 Å². The van der Waals surface area contributed by atoms with Gasteiger partial charge in [0.15, 0.2) is 0 Å². The Kier molecular flexibility index (Phi) is 5.91. The number of amides is 1. The third kappa shape index (κ3) is 4.13. The fourth-order valence-corrected chi connectivity index (χ4v) is 4.25. The summed E-state index contributed by atoms with van der Waals surface area (Å²) in [5.74, 6) is -0.318. The van der Waals surface area contributed by atoms with Crippen molar-refractivity contribution in [1.29, 1.82) is 0 Å². The van der Waals surface area contributed by atoms with Gasteiger partial charge in [-0.05, 0) is 36.4 Å². The van der Waals surface area contributed by atoms with Crippen LogP contribution in [-0.2, 0) is 10.0 Å². The van der Waals surface area contributed by atoms with Gasteiger partial charge in [-0.25, -0.2) is 13.1 Å². The van der Waals surface area contributed by atoms with Gasteiger partial charge in [-0.3, -0.25) is 4.79 Å². The van der Waals surface area contributed by atoms with Gasteiger partial charge in [-0.1, -0.05) is 32.0 Å². The van der Waals surface area contributed by atoms with Crippen LogP contribution in [0.25, 0.3) is 5.69 Å². The Bertz CT molecular complexity index is 1040. The number of hydrogen-bond acceptors (Lipinski definition) is 4. The maximum absolute atomic E-state index is 12.5. The van der Waals surface area contributed by atoms with Crippen LogP contribution in [0.15, 0.2) is 71.9 Å². The first kappa shape index (κ1) is 19.8. The number of carbonyl (C=O) groups excluding carboxylic acids is 1. The van der Waals surface area contributed by atoms with Crippen LogP contribution in [0, 0.1) is 0 Å². The number of carbonyl (C=O) groups is 1. The maximum Gasteiger partial charge on any atom is 0.258 e. The van der Waals surface area contributed by atoms with E-state index in [1.54, 1.807) is 36.9 Å². The van der Waals surface area contributed by atoms with Gasteiger partial charge < -0.3 is 5.32 Å². The fourth-order valence-electron chi connectivity index (χ4n) is 2.79. The van der Waals surface area contributed by atoms with E-state index >= 15 is 0 Å². The van der Waals surface area contributed by atoms with Crippen molar-refractivity contribution in [3.05, 3.63) is 72.6 Å². The minimum absolute atomic E-state index is 0.200. The Labute approximate surface area is 164 Å². The van der Waals surface area contributed by atoms with Crippen LogP contribution in [-0.4, -0.2) is 41.5 Å². The van der Waals surface area contributed by atoms with Crippen molar-refractivity contribution >= 4 is 21.6 Å². The summed E-state index contributed by atoms with van der Waals surface area (Å²) in [5, 5.41) is 6.96. The van der Waals surface area contributed by atoms with Gasteiger partial charge in [0.05, 0.1) is 22.3 Å². The van der Waals surface area contributed by atoms with Crippen LogP contribution in [0.1, 0.15) is 24.2 Å². The number of anilines is 1. The van der Waals surface area contributed by atoms with Gasteiger partial charge in [0, 0.05) is 25.0 Å². The number of rotatable bonds is 7. The number of aromatic nitrogens is 2. The second-order valence-electron chi connectivity index (χ2n) is 6.08. The Balaban J connectivity index is 1.73. The molecular weight excluding hydrogens is 376 g/mol. The van der Waals surface area contributed by atoms with E-state index in [9.17, 15) is 13.2 Å². The second kappa shape index (κ2) is 8.37. The summed E-state index contributed by atoms with van der Waals surface area (Å²) in [4.78, 5) is 12.7. The second-order valence-corrected chi connectivity index (χ2v) is 8.01. The number of sulfonamides is 1. The monoisotopic (exact) mass is 398 g/mol. The molecule has 0 radical (unpaired) electrons. The molecule has 1 N–H and O–H groups in total. The molecule has 146 valence electrons. The van der Waals surface area contributed by atoms with E-state index in [2.05, 4.69) is 10.4 Å². The highest BCUT2D eigenvalue weighted by Gasteiger charge is 2.21. The molecular formula is C20H22N4O3S. The van der Waals surface area contributed by atoms with Crippen molar-refractivity contribution in [1.82, 2.24) is 14.1 Å². The van der Waals surface area contributed by atoms with E-state index in [-0.39, 0.29) is 10.8 Å². The SMILES string of the molecule is CCN(CC)S(=O)(=O)c1ccc(NC(=O)c2cnn(-c3ccccc3)c2)cc1. The average molecular weight is 398 g/mol. The Morgan fingerprint density at radius 1 is 1.04 bits per heavy atom. The smallest absolute Gasteiger partial charge is 0.258 e. The van der Waals surface area contributed by atoms with Gasteiger partial charge in [-0.15, -0.1) is 0 Å². The van der Waals surface area contributed by atoms with E-state index < -0.39 is 10.0 Å². The van der Waals surface area contributed by atoms with Crippen molar-refractivity contribution in [2.45, 2.75) is 18.7 Å². The standard InChI is InChI=1S/C20H22N4O3S/c1-3-23(4-2)28(26,27)19-12-10-17(11-13-19)22-20(25)16-14-21-24(15-16)18-8-6-5-7-9-18/h5-15H,3-4H2,1-2H3,(H,22,25). The van der Waals surface area contributed by atoms with Crippen molar-refractivity contribution in [3.8, 4) is 5.69 Å². The molecule has 0 saturated heterocycles. The lowest BCUT2D eigenvalue weighted by molar-refractivity contribution is 0.102. The van der Waals surface area contributed by atoms with Crippen molar-refractivity contribution in [2.24, 2.45) is 0 Å². The highest BCUT2D eigenvalue weighted by atomic mass is 32.2. The van der Waals surface area contributed by atoms with Crippen LogP contribution >= 0.6 is 0 Å². The third-order valence-corrected chi connectivity index (χ3v) is 6.39. The lowest BCUT2D eigenvalue weighted by Gasteiger charge is -2.18. The van der Waals surface area contributed by atoms with E-state index in [1.165, 1.54) is 22.6 Å². The molecule has 7 nitrogen and oxygen atoms in total. The number of nitrogens with one attached hydrogen (secondary N) is 1. The van der Waals surface area contributed by atoms with Gasteiger partial charge in [-0.2, -0.15) is 9.40 Å². The van der Waals surface area contributed by atoms with E-state index in [1.807, 2.05) is 30.3 Å². The quantitative estimate of drug-likeness (QED) is 0.663. The lowest BCUT2D eigenvalue weighted by Crippen LogP contribution is -2.30. The van der Waals surface area contributed by atoms with Crippen LogP contribution in [0.4, 0.5) is 5.69 Å². The number of nitrogens with zero attached hydrogens (tertiary/aromatic N) is 3. The predicted octanol–water partition coefficient (Wildman–Crippen LogP) is 3.16. The van der Waals surface area contributed by atoms with Gasteiger partial charge >= 0.3 is 0 Å². The van der Waals surface area contributed by atoms with Gasteiger partial charge in [0.1, 0.15) is 0 Å². The van der Waals surface area contributed by atoms with Crippen molar-refractivity contribution in [3.63, 3.8) is 0 Å². The summed E-state index contributed by atoms with van der Waals surface area (Å²) in [6.07, 6.45) is 3.13. The largest absolute Gasteiger partial charge is 0.322 e. The molecule has 0 fully saturated rings. The normalized spacial score (nSPS) is 11.5. The molecule has 1 aromatic heterocycles. The lowest BCUT2D eigenvalue weighted by atomic mass is 10.3. The molecule has 0 aliphatic rings. The molecule has 0 spiro atoms. The van der Waals surface area contributed by atoms with Crippen molar-refractivity contribution < 1.29 is 13.2 Å². The summed E-state index contributed by atoms with van der Waals surface area (Å²) in [7, 11) is -3.52. The first-order chi connectivity index (χ1) is 13.5. The first-order valence-electron chi connectivity index (χ1n) is 8.97. The molecule has 1 amide bonds. The van der Waals surface area contributed by atoms with Gasteiger partial charge in [0.25, 0.3) is 5.91 Å². The molecule has 28 heavy (non-hydrogen) atoms. The van der Waals surface area contributed by atoms with Gasteiger partial charge in [0.2, 0.25) is 10.0 Å². The van der Waals surface area contributed by atoms with Crippen LogP contribution < -0.4 is 5.32 Å². The molecule has 0 aliphatic heterocycles. The summed E-state index contributed by atoms with van der Waals surface area (Å²) < 4.78 is 28.0. The maximum atomic E-state index is 12.5. The highest BCUT2D eigenvalue weighted by Crippen LogP contribution is 2.19. The summed E-state index contributed by atoms with van der Waals surface area (Å²) in [6.45, 7) is 4.40. The molecule has 1 heterocycles. The zero-order chi connectivity index (χ0) is 20.1. The third-order valence-electron chi connectivity index (χ3n) is 4.32. The molecule has 2 aromatic carbocycles. The topological polar surface area (TPSA) is 84.3 Å². The summed E-state index contributed by atoms with van der Waals surface area (Å²) in [5.41, 5.74) is 1.77. The zero-order valence-electron chi connectivity index (χ0n) is 15.7. The van der Waals surface area contributed by atoms with Crippen LogP contribution in [0.3, 0.4) is 0 Å².